The maximum atomic E-state index is 13.8. The second-order valence-corrected chi connectivity index (χ2v) is 9.82. The Morgan fingerprint density at radius 3 is 2.17 bits per heavy atom. The third kappa shape index (κ3) is 4.47. The number of hydrogen-bond acceptors (Lipinski definition) is 4. The van der Waals surface area contributed by atoms with Gasteiger partial charge >= 0.3 is 188 Å². The van der Waals surface area contributed by atoms with Crippen molar-refractivity contribution < 1.29 is 14.6 Å². The summed E-state index contributed by atoms with van der Waals surface area (Å²) in [4.78, 5) is 14.7. The van der Waals surface area contributed by atoms with E-state index in [1.165, 1.54) is 0 Å². The molecule has 0 aliphatic carbocycles. The molecule has 0 radical (unpaired) electrons. The first-order valence-electron chi connectivity index (χ1n) is 9.64. The number of aliphatic hydroxyl groups excluding tert-OH is 1. The van der Waals surface area contributed by atoms with E-state index in [0.717, 1.165) is 15.6 Å². The fraction of sp³-hybridized carbons (Fsp3) is 0.167. The van der Waals surface area contributed by atoms with Gasteiger partial charge in [-0.15, -0.1) is 0 Å². The molecule has 4 nitrogen and oxygen atoms in total. The number of amides is 1. The number of rotatable bonds is 6. The second-order valence-electron chi connectivity index (χ2n) is 6.92. The van der Waals surface area contributed by atoms with E-state index < -0.39 is 10.9 Å². The molecule has 0 saturated carbocycles. The summed E-state index contributed by atoms with van der Waals surface area (Å²) in [6.45, 7) is 0.321. The molecule has 1 aliphatic rings. The number of hydrogen-bond donors (Lipinski definition) is 1. The Kier molecular flexibility index (Phi) is 6.60. The van der Waals surface area contributed by atoms with Gasteiger partial charge in [0.05, 0.1) is 0 Å². The average molecular weight is 482 g/mol. The predicted molar refractivity (Wildman–Crippen MR) is 122 cm³/mol. The molecular formula is C24H21NO3SSe. The molecule has 1 aliphatic heterocycles. The molecule has 0 spiro atoms. The maximum absolute atomic E-state index is 13.8. The Morgan fingerprint density at radius 2 is 1.53 bits per heavy atom. The number of benzene rings is 3. The van der Waals surface area contributed by atoms with Gasteiger partial charge in [-0.3, -0.25) is 0 Å². The van der Waals surface area contributed by atoms with Gasteiger partial charge in [0.15, 0.2) is 0 Å². The van der Waals surface area contributed by atoms with Crippen molar-refractivity contribution in [3.8, 4) is 0 Å². The van der Waals surface area contributed by atoms with Crippen molar-refractivity contribution in [2.75, 3.05) is 6.61 Å². The summed E-state index contributed by atoms with van der Waals surface area (Å²) in [5, 5.41) is 11.4. The summed E-state index contributed by atoms with van der Waals surface area (Å²) >= 11 is 5.09. The SMILES string of the molecule is O=C([C@H]([Se]c1ccccc1)[C@@H](O)c1ccccc1)N1C(=S)OC[C@H]1c1ccccc1. The van der Waals surface area contributed by atoms with Crippen LogP contribution in [0.25, 0.3) is 0 Å². The van der Waals surface area contributed by atoms with Crippen molar-refractivity contribution in [2.45, 2.75) is 17.0 Å². The van der Waals surface area contributed by atoms with Gasteiger partial charge in [-0.2, -0.15) is 0 Å². The van der Waals surface area contributed by atoms with Crippen molar-refractivity contribution in [3.05, 3.63) is 102 Å². The van der Waals surface area contributed by atoms with Crippen LogP contribution in [0.2, 0.25) is 4.82 Å². The standard InChI is InChI=1S/C24H21NO3SSe/c26-21(18-12-6-2-7-13-18)22(30-19-14-8-3-9-15-19)23(27)25-20(16-28-24(25)29)17-10-4-1-5-11-17/h1-15,20-22,26H,16H2/t20-,21-,22+/m0/s1. The molecule has 0 bridgehead atoms. The van der Waals surface area contributed by atoms with Crippen molar-refractivity contribution in [1.29, 1.82) is 0 Å². The minimum atomic E-state index is -0.932. The summed E-state index contributed by atoms with van der Waals surface area (Å²) in [6, 6.07) is 28.6. The van der Waals surface area contributed by atoms with Crippen molar-refractivity contribution >= 4 is 42.7 Å². The van der Waals surface area contributed by atoms with Crippen LogP contribution in [0.4, 0.5) is 0 Å². The van der Waals surface area contributed by atoms with Crippen LogP contribution in [0.1, 0.15) is 23.3 Å². The van der Waals surface area contributed by atoms with Crippen LogP contribution in [-0.4, -0.2) is 42.7 Å². The van der Waals surface area contributed by atoms with E-state index in [1.807, 2.05) is 91.0 Å². The third-order valence-electron chi connectivity index (χ3n) is 4.97. The van der Waals surface area contributed by atoms with Crippen LogP contribution in [0.3, 0.4) is 0 Å². The van der Waals surface area contributed by atoms with E-state index in [0.29, 0.717) is 6.61 Å². The number of thiocarbonyl (C=S) groups is 1. The van der Waals surface area contributed by atoms with Crippen molar-refractivity contribution in [1.82, 2.24) is 4.90 Å². The number of carbonyl (C=O) groups is 1. The van der Waals surface area contributed by atoms with Crippen LogP contribution in [0.15, 0.2) is 91.0 Å². The molecule has 30 heavy (non-hydrogen) atoms. The Morgan fingerprint density at radius 1 is 0.967 bits per heavy atom. The van der Waals surface area contributed by atoms with Crippen molar-refractivity contribution in [3.63, 3.8) is 0 Å². The van der Waals surface area contributed by atoms with Crippen LogP contribution in [-0.2, 0) is 9.53 Å². The van der Waals surface area contributed by atoms with Crippen LogP contribution >= 0.6 is 12.2 Å². The molecule has 1 N–H and O–H groups in total. The Bertz CT molecular complexity index is 1000. The van der Waals surface area contributed by atoms with Gasteiger partial charge in [0.1, 0.15) is 0 Å². The Hall–Kier alpha value is -2.50. The number of aliphatic hydroxyl groups is 1. The zero-order valence-corrected chi connectivity index (χ0v) is 18.7. The van der Waals surface area contributed by atoms with E-state index in [2.05, 4.69) is 0 Å². The predicted octanol–water partition coefficient (Wildman–Crippen LogP) is 3.42. The first kappa shape index (κ1) is 20.8. The molecule has 1 saturated heterocycles. The van der Waals surface area contributed by atoms with E-state index in [1.54, 1.807) is 4.90 Å². The molecule has 6 heteroatoms. The van der Waals surface area contributed by atoms with Crippen LogP contribution in [0, 0.1) is 0 Å². The minimum absolute atomic E-state index is 0.169. The molecule has 1 fully saturated rings. The summed E-state index contributed by atoms with van der Waals surface area (Å²) in [7, 11) is 0. The van der Waals surface area contributed by atoms with Gasteiger partial charge in [-0.25, -0.2) is 0 Å². The number of carbonyl (C=O) groups excluding carboxylic acids is 1. The molecule has 1 amide bonds. The van der Waals surface area contributed by atoms with E-state index in [-0.39, 0.29) is 32.1 Å². The first-order chi connectivity index (χ1) is 14.6. The second kappa shape index (κ2) is 9.54. The normalized spacial score (nSPS) is 18.0. The molecule has 0 aromatic heterocycles. The molecule has 3 aromatic carbocycles. The molecule has 1 heterocycles. The first-order valence-corrected chi connectivity index (χ1v) is 11.9. The molecule has 152 valence electrons. The monoisotopic (exact) mass is 483 g/mol. The molecule has 0 unspecified atom stereocenters. The van der Waals surface area contributed by atoms with Gasteiger partial charge in [-0.05, 0) is 0 Å². The zero-order chi connectivity index (χ0) is 20.9. The molecular weight excluding hydrogens is 461 g/mol. The van der Waals surface area contributed by atoms with Crippen LogP contribution in [0.5, 0.6) is 0 Å². The van der Waals surface area contributed by atoms with E-state index in [9.17, 15) is 9.90 Å². The van der Waals surface area contributed by atoms with Gasteiger partial charge in [0.25, 0.3) is 0 Å². The topological polar surface area (TPSA) is 49.8 Å². The van der Waals surface area contributed by atoms with Gasteiger partial charge in [-0.1, -0.05) is 0 Å². The quantitative estimate of drug-likeness (QED) is 0.432. The zero-order valence-electron chi connectivity index (χ0n) is 16.1. The summed E-state index contributed by atoms with van der Waals surface area (Å²) in [5.41, 5.74) is 1.68. The number of nitrogens with zero attached hydrogens (tertiary/aromatic N) is 1. The average Bonchev–Trinajstić information content (AvgIpc) is 3.20. The van der Waals surface area contributed by atoms with Crippen LogP contribution < -0.4 is 4.46 Å². The van der Waals surface area contributed by atoms with Gasteiger partial charge in [0.2, 0.25) is 0 Å². The fourth-order valence-electron chi connectivity index (χ4n) is 3.44. The Labute approximate surface area is 187 Å². The summed E-state index contributed by atoms with van der Waals surface area (Å²) in [6.07, 6.45) is -0.932. The Balaban J connectivity index is 1.68. The van der Waals surface area contributed by atoms with E-state index in [4.69, 9.17) is 17.0 Å². The van der Waals surface area contributed by atoms with Gasteiger partial charge in [0, 0.05) is 0 Å². The van der Waals surface area contributed by atoms with E-state index >= 15 is 0 Å². The van der Waals surface area contributed by atoms with Gasteiger partial charge < -0.3 is 0 Å². The summed E-state index contributed by atoms with van der Waals surface area (Å²) in [5.74, 6) is -0.202. The fourth-order valence-corrected chi connectivity index (χ4v) is 6.05. The third-order valence-corrected chi connectivity index (χ3v) is 7.93. The molecule has 4 rings (SSSR count). The molecule has 3 atom stereocenters. The van der Waals surface area contributed by atoms with Crippen molar-refractivity contribution in [2.24, 2.45) is 0 Å². The molecule has 3 aromatic rings. The summed E-state index contributed by atoms with van der Waals surface area (Å²) < 4.78 is 6.64. The number of ether oxygens (including phenoxy) is 1.